The number of rotatable bonds is 8. The number of methoxy groups -OCH3 is 3. The number of nitrogens with zero attached hydrogens (tertiary/aromatic N) is 1. The second kappa shape index (κ2) is 8.02. The van der Waals surface area contributed by atoms with Gasteiger partial charge in [0.2, 0.25) is 15.8 Å². The van der Waals surface area contributed by atoms with Crippen LogP contribution in [-0.4, -0.2) is 34.7 Å². The van der Waals surface area contributed by atoms with Crippen LogP contribution in [0.15, 0.2) is 41.3 Å². The molecule has 0 aliphatic heterocycles. The Morgan fingerprint density at radius 3 is 2.15 bits per heavy atom. The Morgan fingerprint density at radius 1 is 1.04 bits per heavy atom. The molecule has 0 aromatic heterocycles. The van der Waals surface area contributed by atoms with Crippen molar-refractivity contribution in [3.05, 3.63) is 52.1 Å². The monoisotopic (exact) mass is 382 g/mol. The lowest BCUT2D eigenvalue weighted by Gasteiger charge is -2.14. The lowest BCUT2D eigenvalue weighted by molar-refractivity contribution is -0.385. The summed E-state index contributed by atoms with van der Waals surface area (Å²) >= 11 is 0. The summed E-state index contributed by atoms with van der Waals surface area (Å²) in [5.74, 6) is 1.16. The van der Waals surface area contributed by atoms with Crippen LogP contribution in [-0.2, 0) is 16.6 Å². The SMILES string of the molecule is COc1cc(CNS(=O)(=O)c2cccc([N+](=O)[O-])c2)cc(OC)c1OC. The van der Waals surface area contributed by atoms with Crippen LogP contribution in [0.2, 0.25) is 0 Å². The molecule has 1 N–H and O–H groups in total. The molecule has 9 nitrogen and oxygen atoms in total. The summed E-state index contributed by atoms with van der Waals surface area (Å²) in [6.07, 6.45) is 0. The van der Waals surface area contributed by atoms with Gasteiger partial charge in [0.15, 0.2) is 11.5 Å². The van der Waals surface area contributed by atoms with Gasteiger partial charge in [0.05, 0.1) is 31.1 Å². The molecule has 0 radical (unpaired) electrons. The molecule has 0 unspecified atom stereocenters. The largest absolute Gasteiger partial charge is 0.493 e. The summed E-state index contributed by atoms with van der Waals surface area (Å²) < 4.78 is 42.8. The number of hydrogen-bond acceptors (Lipinski definition) is 7. The third-order valence-electron chi connectivity index (χ3n) is 3.53. The van der Waals surface area contributed by atoms with Crippen molar-refractivity contribution in [1.82, 2.24) is 4.72 Å². The number of nitro groups is 1. The number of hydrogen-bond donors (Lipinski definition) is 1. The lowest BCUT2D eigenvalue weighted by Crippen LogP contribution is -2.23. The second-order valence-corrected chi connectivity index (χ2v) is 6.88. The van der Waals surface area contributed by atoms with Crippen molar-refractivity contribution >= 4 is 15.7 Å². The van der Waals surface area contributed by atoms with Crippen LogP contribution in [0.25, 0.3) is 0 Å². The van der Waals surface area contributed by atoms with E-state index in [-0.39, 0.29) is 17.1 Å². The fourth-order valence-corrected chi connectivity index (χ4v) is 3.32. The van der Waals surface area contributed by atoms with Crippen LogP contribution in [0, 0.1) is 10.1 Å². The van der Waals surface area contributed by atoms with E-state index in [1.165, 1.54) is 39.5 Å². The lowest BCUT2D eigenvalue weighted by atomic mass is 10.2. The predicted octanol–water partition coefficient (Wildman–Crippen LogP) is 2.10. The highest BCUT2D eigenvalue weighted by atomic mass is 32.2. The molecule has 0 saturated heterocycles. The van der Waals surface area contributed by atoms with Gasteiger partial charge in [0.1, 0.15) is 0 Å². The fraction of sp³-hybridized carbons (Fsp3) is 0.250. The van der Waals surface area contributed by atoms with Gasteiger partial charge in [-0.15, -0.1) is 0 Å². The normalized spacial score (nSPS) is 11.0. The highest BCUT2D eigenvalue weighted by molar-refractivity contribution is 7.89. The van der Waals surface area contributed by atoms with E-state index in [0.29, 0.717) is 22.8 Å². The zero-order valence-electron chi connectivity index (χ0n) is 14.4. The average Bonchev–Trinajstić information content (AvgIpc) is 2.65. The maximum Gasteiger partial charge on any atom is 0.270 e. The summed E-state index contributed by atoms with van der Waals surface area (Å²) in [6.45, 7) is -0.0677. The molecule has 0 atom stereocenters. The van der Waals surface area contributed by atoms with Gasteiger partial charge in [-0.1, -0.05) is 6.07 Å². The number of sulfonamides is 1. The molecule has 2 aromatic rings. The second-order valence-electron chi connectivity index (χ2n) is 5.11. The Labute approximate surface area is 150 Å². The van der Waals surface area contributed by atoms with E-state index < -0.39 is 14.9 Å². The molecule has 2 rings (SSSR count). The quantitative estimate of drug-likeness (QED) is 0.549. The molecule has 0 heterocycles. The molecule has 0 aliphatic carbocycles. The molecular formula is C16H18N2O7S. The molecule has 0 amide bonds. The summed E-state index contributed by atoms with van der Waals surface area (Å²) in [6, 6.07) is 8.03. The van der Waals surface area contributed by atoms with Gasteiger partial charge in [-0.25, -0.2) is 13.1 Å². The maximum absolute atomic E-state index is 12.4. The number of benzene rings is 2. The minimum absolute atomic E-state index is 0.0677. The number of nitro benzene ring substituents is 1. The Hall–Kier alpha value is -2.85. The molecule has 10 heteroatoms. The first-order valence-electron chi connectivity index (χ1n) is 7.35. The van der Waals surface area contributed by atoms with Gasteiger partial charge in [0.25, 0.3) is 5.69 Å². The zero-order valence-corrected chi connectivity index (χ0v) is 15.2. The van der Waals surface area contributed by atoms with Gasteiger partial charge in [-0.05, 0) is 23.8 Å². The number of nitrogens with one attached hydrogen (secondary N) is 1. The minimum Gasteiger partial charge on any atom is -0.493 e. The summed E-state index contributed by atoms with van der Waals surface area (Å²) in [7, 11) is 0.432. The van der Waals surface area contributed by atoms with Gasteiger partial charge in [0, 0.05) is 18.7 Å². The van der Waals surface area contributed by atoms with Crippen LogP contribution < -0.4 is 18.9 Å². The highest BCUT2D eigenvalue weighted by Crippen LogP contribution is 2.38. The highest BCUT2D eigenvalue weighted by Gasteiger charge is 2.19. The molecule has 140 valence electrons. The molecule has 0 saturated carbocycles. The molecule has 0 spiro atoms. The van der Waals surface area contributed by atoms with Crippen molar-refractivity contribution in [2.45, 2.75) is 11.4 Å². The third kappa shape index (κ3) is 4.21. The third-order valence-corrected chi connectivity index (χ3v) is 4.93. The Kier molecular flexibility index (Phi) is 6.01. The van der Waals surface area contributed by atoms with E-state index in [1.807, 2.05) is 0 Å². The number of ether oxygens (including phenoxy) is 3. The predicted molar refractivity (Wildman–Crippen MR) is 93.2 cm³/mol. The van der Waals surface area contributed by atoms with Gasteiger partial charge in [-0.3, -0.25) is 10.1 Å². The zero-order chi connectivity index (χ0) is 19.3. The summed E-state index contributed by atoms with van der Waals surface area (Å²) in [5, 5.41) is 10.8. The van der Waals surface area contributed by atoms with Crippen molar-refractivity contribution in [2.75, 3.05) is 21.3 Å². The first kappa shape index (κ1) is 19.5. The maximum atomic E-state index is 12.4. The van der Waals surface area contributed by atoms with E-state index in [2.05, 4.69) is 4.72 Å². The van der Waals surface area contributed by atoms with E-state index >= 15 is 0 Å². The first-order chi connectivity index (χ1) is 12.3. The summed E-state index contributed by atoms with van der Waals surface area (Å²) in [4.78, 5) is 9.96. The Bertz CT molecular complexity index is 888. The van der Waals surface area contributed by atoms with Crippen LogP contribution in [0.4, 0.5) is 5.69 Å². The Morgan fingerprint density at radius 2 is 1.65 bits per heavy atom. The number of non-ortho nitro benzene ring substituents is 1. The van der Waals surface area contributed by atoms with Crippen molar-refractivity contribution in [2.24, 2.45) is 0 Å². The van der Waals surface area contributed by atoms with E-state index in [9.17, 15) is 18.5 Å². The molecule has 0 fully saturated rings. The van der Waals surface area contributed by atoms with Crippen LogP contribution in [0.1, 0.15) is 5.56 Å². The van der Waals surface area contributed by atoms with E-state index in [1.54, 1.807) is 12.1 Å². The summed E-state index contributed by atoms with van der Waals surface area (Å²) in [5.41, 5.74) is 0.258. The average molecular weight is 382 g/mol. The van der Waals surface area contributed by atoms with Gasteiger partial charge < -0.3 is 14.2 Å². The topological polar surface area (TPSA) is 117 Å². The van der Waals surface area contributed by atoms with Crippen LogP contribution in [0.3, 0.4) is 0 Å². The first-order valence-corrected chi connectivity index (χ1v) is 8.83. The molecule has 2 aromatic carbocycles. The molecule has 0 aliphatic rings. The van der Waals surface area contributed by atoms with Crippen molar-refractivity contribution in [3.63, 3.8) is 0 Å². The van der Waals surface area contributed by atoms with E-state index in [4.69, 9.17) is 14.2 Å². The van der Waals surface area contributed by atoms with Crippen LogP contribution in [0.5, 0.6) is 17.2 Å². The van der Waals surface area contributed by atoms with Crippen molar-refractivity contribution < 1.29 is 27.6 Å². The molecular weight excluding hydrogens is 364 g/mol. The molecule has 26 heavy (non-hydrogen) atoms. The van der Waals surface area contributed by atoms with E-state index in [0.717, 1.165) is 6.07 Å². The van der Waals surface area contributed by atoms with Gasteiger partial charge >= 0.3 is 0 Å². The standard InChI is InChI=1S/C16H18N2O7S/c1-23-14-7-11(8-15(24-2)16(14)25-3)10-17-26(21,22)13-6-4-5-12(9-13)18(19)20/h4-9,17H,10H2,1-3H3. The fourth-order valence-electron chi connectivity index (χ4n) is 2.26. The minimum atomic E-state index is -3.94. The van der Waals surface area contributed by atoms with Crippen molar-refractivity contribution in [3.8, 4) is 17.2 Å². The Balaban J connectivity index is 2.27. The van der Waals surface area contributed by atoms with Crippen LogP contribution >= 0.6 is 0 Å². The molecule has 0 bridgehead atoms. The van der Waals surface area contributed by atoms with Gasteiger partial charge in [-0.2, -0.15) is 0 Å². The van der Waals surface area contributed by atoms with Crippen molar-refractivity contribution in [1.29, 1.82) is 0 Å². The smallest absolute Gasteiger partial charge is 0.270 e.